The first-order valence-electron chi connectivity index (χ1n) is 20.2. The summed E-state index contributed by atoms with van der Waals surface area (Å²) < 4.78 is 21.4. The quantitative estimate of drug-likeness (QED) is 0.0145. The highest BCUT2D eigenvalue weighted by atomic mass is 32.2. The number of oxime groups is 1. The summed E-state index contributed by atoms with van der Waals surface area (Å²) in [5, 5.41) is 13.0. The fourth-order valence-corrected chi connectivity index (χ4v) is 12.1. The van der Waals surface area contributed by atoms with Crippen LogP contribution in [0, 0.1) is 0 Å². The number of β-lactam (4-membered cyclic amide) rings is 1. The average molecular weight is 966 g/mol. The molecule has 334 valence electrons. The van der Waals surface area contributed by atoms with Gasteiger partial charge in [0.1, 0.15) is 47.8 Å². The molecule has 1 saturated heterocycles. The number of anilines is 1. The minimum absolute atomic E-state index is 0.0181. The summed E-state index contributed by atoms with van der Waals surface area (Å²) >= 11 is 6.96. The van der Waals surface area contributed by atoms with Crippen molar-refractivity contribution in [3.8, 4) is 5.75 Å². The maximum Gasteiger partial charge on any atom is 0.355 e. The van der Waals surface area contributed by atoms with Gasteiger partial charge in [-0.2, -0.15) is 4.37 Å². The molecule has 0 saturated carbocycles. The van der Waals surface area contributed by atoms with E-state index in [1.807, 2.05) is 66.7 Å². The first-order chi connectivity index (χ1) is 31.8. The lowest BCUT2D eigenvalue weighted by Crippen LogP contribution is -2.71. The monoisotopic (exact) mass is 965 g/mol. The Morgan fingerprint density at radius 1 is 0.877 bits per heavy atom. The molecule has 0 radical (unpaired) electrons. The molecule has 2 amide bonds. The normalized spacial score (nSPS) is 16.1. The Morgan fingerprint density at radius 3 is 2.15 bits per heavy atom. The number of carbonyl (C=O) groups excluding carboxylic acids is 3. The molecule has 0 spiro atoms. The van der Waals surface area contributed by atoms with Crippen LogP contribution in [0.2, 0.25) is 0 Å². The van der Waals surface area contributed by atoms with Gasteiger partial charge in [-0.15, -0.1) is 23.1 Å². The van der Waals surface area contributed by atoms with Crippen LogP contribution in [0.3, 0.4) is 0 Å². The zero-order valence-electron chi connectivity index (χ0n) is 35.4. The number of ether oxygens (including phenoxy) is 3. The van der Waals surface area contributed by atoms with E-state index in [0.29, 0.717) is 39.7 Å². The smallest absolute Gasteiger partial charge is 0.355 e. The fourth-order valence-electron chi connectivity index (χ4n) is 7.29. The summed E-state index contributed by atoms with van der Waals surface area (Å²) in [6.07, 6.45) is 0. The largest absolute Gasteiger partial charge is 0.497 e. The summed E-state index contributed by atoms with van der Waals surface area (Å²) in [6.45, 7) is 0.560. The van der Waals surface area contributed by atoms with Gasteiger partial charge in [-0.3, -0.25) is 14.5 Å². The fraction of sp³-hybridized carbons (Fsp3) is 0.239. The highest BCUT2D eigenvalue weighted by Crippen LogP contribution is 2.43. The third-order valence-electron chi connectivity index (χ3n) is 10.4. The molecule has 0 aliphatic carbocycles. The molecule has 2 aromatic heterocycles. The lowest BCUT2D eigenvalue weighted by Gasteiger charge is -2.49. The number of carbonyl (C=O) groups is 3. The molecule has 8 rings (SSSR count). The number of fused-ring (bicyclic) bond motifs is 1. The van der Waals surface area contributed by atoms with Crippen LogP contribution in [-0.2, 0) is 40.8 Å². The van der Waals surface area contributed by atoms with Gasteiger partial charge in [0.15, 0.2) is 15.2 Å². The first-order valence-corrected chi connectivity index (χ1v) is 24.9. The van der Waals surface area contributed by atoms with E-state index in [9.17, 15) is 14.4 Å². The second-order valence-corrected chi connectivity index (χ2v) is 19.3. The summed E-state index contributed by atoms with van der Waals surface area (Å²) in [7, 11) is 4.57. The molecule has 0 bridgehead atoms. The van der Waals surface area contributed by atoms with Gasteiger partial charge in [-0.25, -0.2) is 14.8 Å². The van der Waals surface area contributed by atoms with Crippen molar-refractivity contribution in [1.82, 2.24) is 24.6 Å². The van der Waals surface area contributed by atoms with Crippen LogP contribution < -0.4 is 15.4 Å². The molecule has 19 heteroatoms. The molecule has 6 aromatic rings. The molecule has 2 N–H and O–H groups in total. The Morgan fingerprint density at radius 2 is 1.54 bits per heavy atom. The van der Waals surface area contributed by atoms with E-state index in [-0.39, 0.29) is 23.7 Å². The van der Waals surface area contributed by atoms with Crippen LogP contribution in [0.4, 0.5) is 5.13 Å². The Balaban J connectivity index is 1.01. The molecule has 14 nitrogen and oxygen atoms in total. The Labute approximate surface area is 396 Å². The maximum atomic E-state index is 14.2. The number of benzene rings is 4. The minimum Gasteiger partial charge on any atom is -0.497 e. The van der Waals surface area contributed by atoms with Crippen molar-refractivity contribution in [3.63, 3.8) is 0 Å². The van der Waals surface area contributed by atoms with Gasteiger partial charge in [-0.1, -0.05) is 132 Å². The van der Waals surface area contributed by atoms with E-state index in [2.05, 4.69) is 61.5 Å². The van der Waals surface area contributed by atoms with Crippen molar-refractivity contribution < 1.29 is 33.4 Å². The number of nitrogens with zero attached hydrogens (tertiary/aromatic N) is 5. The summed E-state index contributed by atoms with van der Waals surface area (Å²) in [6, 6.07) is 36.5. The summed E-state index contributed by atoms with van der Waals surface area (Å²) in [5.41, 5.74) is 3.84. The maximum absolute atomic E-state index is 14.2. The van der Waals surface area contributed by atoms with Crippen molar-refractivity contribution in [3.05, 3.63) is 160 Å². The van der Waals surface area contributed by atoms with Gasteiger partial charge >= 0.3 is 5.97 Å². The highest BCUT2D eigenvalue weighted by molar-refractivity contribution is 8.02. The van der Waals surface area contributed by atoms with Gasteiger partial charge in [0.05, 0.1) is 13.7 Å². The molecule has 1 fully saturated rings. The molecule has 1 unspecified atom stereocenters. The second kappa shape index (κ2) is 21.5. The number of amides is 2. The number of esters is 1. The third kappa shape index (κ3) is 10.2. The van der Waals surface area contributed by atoms with Crippen molar-refractivity contribution in [1.29, 1.82) is 0 Å². The number of nitrogens with one attached hydrogen (secondary N) is 2. The molecule has 4 aromatic carbocycles. The second-order valence-electron chi connectivity index (χ2n) is 14.3. The number of aromatic nitrogens is 3. The first kappa shape index (κ1) is 45.9. The van der Waals surface area contributed by atoms with Crippen molar-refractivity contribution in [2.24, 2.45) is 5.16 Å². The van der Waals surface area contributed by atoms with Crippen molar-refractivity contribution in [2.75, 3.05) is 50.5 Å². The predicted molar refractivity (Wildman–Crippen MR) is 257 cm³/mol. The van der Waals surface area contributed by atoms with Crippen LogP contribution in [0.15, 0.2) is 147 Å². The van der Waals surface area contributed by atoms with Gasteiger partial charge in [-0.05, 0) is 51.5 Å². The molecule has 2 aliphatic heterocycles. The number of hydrogen-bond donors (Lipinski definition) is 2. The number of hydrogen-bond acceptors (Lipinski definition) is 17. The van der Waals surface area contributed by atoms with E-state index in [1.165, 1.54) is 70.2 Å². The van der Waals surface area contributed by atoms with E-state index >= 15 is 0 Å². The Bertz CT molecular complexity index is 2550. The van der Waals surface area contributed by atoms with Crippen molar-refractivity contribution >= 4 is 86.8 Å². The van der Waals surface area contributed by atoms with Gasteiger partial charge in [0.2, 0.25) is 5.16 Å². The molecular weight excluding hydrogens is 923 g/mol. The predicted octanol–water partition coefficient (Wildman–Crippen LogP) is 7.69. The van der Waals surface area contributed by atoms with Crippen LogP contribution in [0.5, 0.6) is 5.75 Å². The average Bonchev–Trinajstić information content (AvgIpc) is 4.02. The Kier molecular flexibility index (Phi) is 15.2. The molecule has 4 heterocycles. The van der Waals surface area contributed by atoms with E-state index in [4.69, 9.17) is 24.0 Å². The molecule has 2 aliphatic rings. The van der Waals surface area contributed by atoms with Crippen LogP contribution in [0.25, 0.3) is 0 Å². The SMILES string of the molecule is COCCSc1nsc(SCC2=C(C(=O)OCc3ccc(OC)cc3)N3C(=O)C(NC(=O)/C(=N\OC)c4csc(NC(c5ccccc5)(c5ccccc5)c5ccccc5)n4)[C@H]3SC2)n1. The highest BCUT2D eigenvalue weighted by Gasteiger charge is 2.55. The van der Waals surface area contributed by atoms with E-state index < -0.39 is 34.7 Å². The third-order valence-corrected chi connectivity index (χ3v) is 15.3. The lowest BCUT2D eigenvalue weighted by atomic mass is 9.77. The minimum atomic E-state index is -0.971. The van der Waals surface area contributed by atoms with Crippen LogP contribution >= 0.6 is 58.2 Å². The zero-order valence-corrected chi connectivity index (χ0v) is 39.5. The standard InChI is InChI=1S/C46H43N7O7S5/c1-57-23-24-61-44-49-45(65-52-44)64-27-30-26-62-41-37(40(55)53(41)38(30)42(56)60-25-29-19-21-34(58-2)22-20-29)48-39(54)36(51-59-3)35-28-63-43(47-35)50-46(31-13-7-4-8-14-31,32-15-9-5-10-16-32)33-17-11-6-12-18-33/h4-22,28,37,41H,23-27H2,1-3H3,(H,47,50)(H,48,54)/b51-36-/t37?,41-/m1/s1. The number of methoxy groups -OCH3 is 2. The summed E-state index contributed by atoms with van der Waals surface area (Å²) in [4.78, 5) is 58.3. The number of rotatable bonds is 20. The van der Waals surface area contributed by atoms with E-state index in [0.717, 1.165) is 32.3 Å². The lowest BCUT2D eigenvalue weighted by molar-refractivity contribution is -0.153. The Hall–Kier alpha value is -5.70. The van der Waals surface area contributed by atoms with Gasteiger partial charge < -0.3 is 29.7 Å². The zero-order chi connectivity index (χ0) is 45.2. The van der Waals surface area contributed by atoms with E-state index in [1.54, 1.807) is 31.7 Å². The van der Waals surface area contributed by atoms with Gasteiger partial charge in [0, 0.05) is 29.7 Å². The molecule has 2 atom stereocenters. The summed E-state index contributed by atoms with van der Waals surface area (Å²) in [5.74, 6) is 0.405. The number of thioether (sulfide) groups is 3. The van der Waals surface area contributed by atoms with Crippen LogP contribution in [0.1, 0.15) is 27.9 Å². The molecule has 65 heavy (non-hydrogen) atoms. The van der Waals surface area contributed by atoms with Crippen molar-refractivity contribution in [2.45, 2.75) is 33.1 Å². The van der Waals surface area contributed by atoms with Crippen LogP contribution in [-0.4, -0.2) is 99.3 Å². The van der Waals surface area contributed by atoms with Gasteiger partial charge in [0.25, 0.3) is 11.8 Å². The topological polar surface area (TPSA) is 166 Å². The number of thiazole rings is 1. The molecular formula is C46H43N7O7S5.